The first kappa shape index (κ1) is 13.8. The predicted molar refractivity (Wildman–Crippen MR) is 77.6 cm³/mol. The maximum Gasteiger partial charge on any atom is 0.123 e. The van der Waals surface area contributed by atoms with Crippen LogP contribution in [0.25, 0.3) is 0 Å². The monoisotopic (exact) mass is 257 g/mol. The summed E-state index contributed by atoms with van der Waals surface area (Å²) < 4.78 is 12.8. The van der Waals surface area contributed by atoms with E-state index in [0.29, 0.717) is 6.04 Å². The van der Waals surface area contributed by atoms with Crippen molar-refractivity contribution in [2.24, 2.45) is 0 Å². The fourth-order valence-corrected chi connectivity index (χ4v) is 2.32. The highest BCUT2D eigenvalue weighted by Crippen LogP contribution is 2.19. The van der Waals surface area contributed by atoms with Gasteiger partial charge in [-0.2, -0.15) is 0 Å². The summed E-state index contributed by atoms with van der Waals surface area (Å²) in [6.45, 7) is 0. The lowest BCUT2D eigenvalue weighted by molar-refractivity contribution is 0.527. The van der Waals surface area contributed by atoms with Gasteiger partial charge in [0.15, 0.2) is 0 Å². The molecule has 100 valence electrons. The third kappa shape index (κ3) is 4.18. The van der Waals surface area contributed by atoms with Crippen LogP contribution in [0.4, 0.5) is 4.39 Å². The van der Waals surface area contributed by atoms with Gasteiger partial charge in [-0.15, -0.1) is 0 Å². The first-order chi connectivity index (χ1) is 9.29. The third-order valence-electron chi connectivity index (χ3n) is 3.42. The molecule has 1 nitrogen and oxygen atoms in total. The predicted octanol–water partition coefficient (Wildman–Crippen LogP) is 4.11. The number of aryl methyl sites for hydroxylation is 1. The molecule has 0 aliphatic carbocycles. The van der Waals surface area contributed by atoms with Gasteiger partial charge in [-0.1, -0.05) is 42.5 Å². The Bertz CT molecular complexity index is 478. The van der Waals surface area contributed by atoms with Crippen LogP contribution in [0.5, 0.6) is 0 Å². The molecule has 1 atom stereocenters. The SMILES string of the molecule is CNC(CCCc1ccc(F)cc1)c1ccccc1. The summed E-state index contributed by atoms with van der Waals surface area (Å²) in [5.41, 5.74) is 2.52. The van der Waals surface area contributed by atoms with Crippen molar-refractivity contribution in [3.8, 4) is 0 Å². The summed E-state index contributed by atoms with van der Waals surface area (Å²) in [6.07, 6.45) is 3.16. The average Bonchev–Trinajstić information content (AvgIpc) is 2.46. The first-order valence-corrected chi connectivity index (χ1v) is 6.76. The third-order valence-corrected chi connectivity index (χ3v) is 3.42. The average molecular weight is 257 g/mol. The van der Waals surface area contributed by atoms with E-state index < -0.39 is 0 Å². The summed E-state index contributed by atoms with van der Waals surface area (Å²) in [5.74, 6) is -0.166. The highest BCUT2D eigenvalue weighted by Gasteiger charge is 2.07. The van der Waals surface area contributed by atoms with E-state index in [1.807, 2.05) is 25.2 Å². The van der Waals surface area contributed by atoms with Crippen molar-refractivity contribution in [1.82, 2.24) is 5.32 Å². The zero-order chi connectivity index (χ0) is 13.5. The summed E-state index contributed by atoms with van der Waals surface area (Å²) >= 11 is 0. The Morgan fingerprint density at radius 3 is 2.32 bits per heavy atom. The van der Waals surface area contributed by atoms with Crippen LogP contribution >= 0.6 is 0 Å². The van der Waals surface area contributed by atoms with E-state index in [-0.39, 0.29) is 5.82 Å². The molecule has 0 aromatic heterocycles. The van der Waals surface area contributed by atoms with Crippen molar-refractivity contribution >= 4 is 0 Å². The smallest absolute Gasteiger partial charge is 0.123 e. The van der Waals surface area contributed by atoms with E-state index >= 15 is 0 Å². The minimum atomic E-state index is -0.166. The van der Waals surface area contributed by atoms with Crippen LogP contribution in [-0.4, -0.2) is 7.05 Å². The lowest BCUT2D eigenvalue weighted by atomic mass is 9.99. The van der Waals surface area contributed by atoms with Crippen molar-refractivity contribution in [2.45, 2.75) is 25.3 Å². The van der Waals surface area contributed by atoms with Crippen molar-refractivity contribution in [1.29, 1.82) is 0 Å². The summed E-state index contributed by atoms with van der Waals surface area (Å²) in [6, 6.07) is 17.7. The molecule has 2 aromatic rings. The maximum absolute atomic E-state index is 12.8. The zero-order valence-corrected chi connectivity index (χ0v) is 11.3. The van der Waals surface area contributed by atoms with Gasteiger partial charge in [0.2, 0.25) is 0 Å². The van der Waals surface area contributed by atoms with Gasteiger partial charge < -0.3 is 5.32 Å². The zero-order valence-electron chi connectivity index (χ0n) is 11.3. The number of halogens is 1. The van der Waals surface area contributed by atoms with Gasteiger partial charge in [0.1, 0.15) is 5.82 Å². The second-order valence-electron chi connectivity index (χ2n) is 4.77. The normalized spacial score (nSPS) is 12.3. The molecule has 0 saturated carbocycles. The fraction of sp³-hybridized carbons (Fsp3) is 0.294. The number of nitrogens with one attached hydrogen (secondary N) is 1. The molecular weight excluding hydrogens is 237 g/mol. The van der Waals surface area contributed by atoms with E-state index in [4.69, 9.17) is 0 Å². The number of hydrogen-bond donors (Lipinski definition) is 1. The summed E-state index contributed by atoms with van der Waals surface area (Å²) in [5, 5.41) is 3.35. The van der Waals surface area contributed by atoms with Crippen LogP contribution in [0, 0.1) is 5.82 Å². The molecule has 0 saturated heterocycles. The molecule has 0 aliphatic rings. The molecule has 0 aliphatic heterocycles. The van der Waals surface area contributed by atoms with Crippen LogP contribution in [0.3, 0.4) is 0 Å². The molecule has 2 aromatic carbocycles. The van der Waals surface area contributed by atoms with E-state index in [2.05, 4.69) is 29.6 Å². The molecule has 0 heterocycles. The lowest BCUT2D eigenvalue weighted by Gasteiger charge is -2.16. The Morgan fingerprint density at radius 1 is 1.00 bits per heavy atom. The molecule has 0 bridgehead atoms. The Kier molecular flexibility index (Phi) is 5.10. The number of hydrogen-bond acceptors (Lipinski definition) is 1. The van der Waals surface area contributed by atoms with Crippen LogP contribution in [-0.2, 0) is 6.42 Å². The largest absolute Gasteiger partial charge is 0.313 e. The molecule has 2 heteroatoms. The Morgan fingerprint density at radius 2 is 1.68 bits per heavy atom. The molecular formula is C17H20FN. The molecule has 1 N–H and O–H groups in total. The van der Waals surface area contributed by atoms with Gasteiger partial charge >= 0.3 is 0 Å². The standard InChI is InChI=1S/C17H20FN/c1-19-17(15-7-3-2-4-8-15)9-5-6-14-10-12-16(18)13-11-14/h2-4,7-8,10-13,17,19H,5-6,9H2,1H3. The second-order valence-corrected chi connectivity index (χ2v) is 4.77. The Labute approximate surface area is 114 Å². The molecule has 19 heavy (non-hydrogen) atoms. The molecule has 1 unspecified atom stereocenters. The van der Waals surface area contributed by atoms with Crippen LogP contribution in [0.1, 0.15) is 30.0 Å². The van der Waals surface area contributed by atoms with Crippen LogP contribution < -0.4 is 5.32 Å². The van der Waals surface area contributed by atoms with E-state index in [1.54, 1.807) is 0 Å². The van der Waals surface area contributed by atoms with Gasteiger partial charge in [-0.3, -0.25) is 0 Å². The molecule has 0 spiro atoms. The van der Waals surface area contributed by atoms with E-state index in [9.17, 15) is 4.39 Å². The quantitative estimate of drug-likeness (QED) is 0.821. The molecule has 0 fully saturated rings. The van der Waals surface area contributed by atoms with Crippen LogP contribution in [0.15, 0.2) is 54.6 Å². The highest BCUT2D eigenvalue weighted by molar-refractivity contribution is 5.19. The topological polar surface area (TPSA) is 12.0 Å². The summed E-state index contributed by atoms with van der Waals surface area (Å²) in [7, 11) is 2.00. The minimum Gasteiger partial charge on any atom is -0.313 e. The van der Waals surface area contributed by atoms with Crippen molar-refractivity contribution < 1.29 is 4.39 Å². The van der Waals surface area contributed by atoms with Gasteiger partial charge in [0.25, 0.3) is 0 Å². The lowest BCUT2D eigenvalue weighted by Crippen LogP contribution is -2.16. The number of rotatable bonds is 6. The molecule has 0 amide bonds. The van der Waals surface area contributed by atoms with Crippen LogP contribution in [0.2, 0.25) is 0 Å². The summed E-state index contributed by atoms with van der Waals surface area (Å²) in [4.78, 5) is 0. The molecule has 0 radical (unpaired) electrons. The Hall–Kier alpha value is -1.67. The van der Waals surface area contributed by atoms with Crippen molar-refractivity contribution in [3.05, 3.63) is 71.5 Å². The van der Waals surface area contributed by atoms with Crippen molar-refractivity contribution in [3.63, 3.8) is 0 Å². The van der Waals surface area contributed by atoms with Gasteiger partial charge in [0.05, 0.1) is 0 Å². The highest BCUT2D eigenvalue weighted by atomic mass is 19.1. The maximum atomic E-state index is 12.8. The number of benzene rings is 2. The van der Waals surface area contributed by atoms with E-state index in [0.717, 1.165) is 19.3 Å². The fourth-order valence-electron chi connectivity index (χ4n) is 2.32. The Balaban J connectivity index is 1.85. The first-order valence-electron chi connectivity index (χ1n) is 6.76. The van der Waals surface area contributed by atoms with Crippen molar-refractivity contribution in [2.75, 3.05) is 7.05 Å². The van der Waals surface area contributed by atoms with Gasteiger partial charge in [-0.25, -0.2) is 4.39 Å². The molecule has 2 rings (SSSR count). The second kappa shape index (κ2) is 7.05. The van der Waals surface area contributed by atoms with Gasteiger partial charge in [-0.05, 0) is 49.6 Å². The van der Waals surface area contributed by atoms with E-state index in [1.165, 1.54) is 23.3 Å². The minimum absolute atomic E-state index is 0.166. The van der Waals surface area contributed by atoms with Gasteiger partial charge in [0, 0.05) is 6.04 Å².